The Morgan fingerprint density at radius 1 is 1.53 bits per heavy atom. The van der Waals surface area contributed by atoms with E-state index in [1.807, 2.05) is 29.1 Å². The number of nitrogens with zero attached hydrogens (tertiary/aromatic N) is 3. The van der Waals surface area contributed by atoms with Gasteiger partial charge in [-0.1, -0.05) is 0 Å². The van der Waals surface area contributed by atoms with E-state index in [0.29, 0.717) is 12.2 Å². The molecule has 0 aromatic carbocycles. The summed E-state index contributed by atoms with van der Waals surface area (Å²) in [5.74, 6) is -0.983. The number of likely N-dealkylation sites (N-methyl/N-ethyl adjacent to an activating group) is 1. The molecule has 2 aromatic heterocycles. The summed E-state index contributed by atoms with van der Waals surface area (Å²) < 4.78 is 1.88. The fourth-order valence-electron chi connectivity index (χ4n) is 1.82. The lowest BCUT2D eigenvalue weighted by Crippen LogP contribution is -2.34. The van der Waals surface area contributed by atoms with Crippen LogP contribution >= 0.6 is 11.3 Å². The molecule has 0 aliphatic rings. The van der Waals surface area contributed by atoms with Gasteiger partial charge >= 0.3 is 5.97 Å². The van der Waals surface area contributed by atoms with Crippen LogP contribution in [0.25, 0.3) is 4.96 Å². The summed E-state index contributed by atoms with van der Waals surface area (Å²) in [4.78, 5) is 29.3. The van der Waals surface area contributed by atoms with Gasteiger partial charge in [0.25, 0.3) is 0 Å². The maximum atomic E-state index is 12.0. The van der Waals surface area contributed by atoms with Crippen molar-refractivity contribution < 1.29 is 14.7 Å². The van der Waals surface area contributed by atoms with Crippen molar-refractivity contribution in [2.75, 3.05) is 13.1 Å². The highest BCUT2D eigenvalue weighted by atomic mass is 32.1. The SMILES string of the molecule is CCN(CCC(=O)O)C(=O)Cc1cn2ccsc2n1. The summed E-state index contributed by atoms with van der Waals surface area (Å²) in [7, 11) is 0. The quantitative estimate of drug-likeness (QED) is 0.865. The predicted octanol–water partition coefficient (Wildman–Crippen LogP) is 1.26. The van der Waals surface area contributed by atoms with E-state index < -0.39 is 5.97 Å². The Bertz CT molecular complexity index is 561. The molecule has 1 N–H and O–H groups in total. The molecule has 0 spiro atoms. The van der Waals surface area contributed by atoms with E-state index in [1.165, 1.54) is 11.3 Å². The first-order chi connectivity index (χ1) is 9.10. The number of fused-ring (bicyclic) bond motifs is 1. The van der Waals surface area contributed by atoms with E-state index in [1.54, 1.807) is 4.90 Å². The van der Waals surface area contributed by atoms with Crippen molar-refractivity contribution in [3.63, 3.8) is 0 Å². The maximum Gasteiger partial charge on any atom is 0.305 e. The summed E-state index contributed by atoms with van der Waals surface area (Å²) in [6.07, 6.45) is 3.90. The number of hydrogen-bond acceptors (Lipinski definition) is 4. The maximum absolute atomic E-state index is 12.0. The van der Waals surface area contributed by atoms with Gasteiger partial charge < -0.3 is 10.0 Å². The Morgan fingerprint density at radius 3 is 2.95 bits per heavy atom. The van der Waals surface area contributed by atoms with Crippen LogP contribution in [0.3, 0.4) is 0 Å². The lowest BCUT2D eigenvalue weighted by molar-refractivity contribution is -0.138. The van der Waals surface area contributed by atoms with E-state index in [4.69, 9.17) is 5.11 Å². The average Bonchev–Trinajstić information content (AvgIpc) is 2.89. The van der Waals surface area contributed by atoms with Crippen LogP contribution in [0.15, 0.2) is 17.8 Å². The van der Waals surface area contributed by atoms with Crippen molar-refractivity contribution >= 4 is 28.2 Å². The van der Waals surface area contributed by atoms with E-state index in [-0.39, 0.29) is 25.3 Å². The first-order valence-electron chi connectivity index (χ1n) is 6.00. The van der Waals surface area contributed by atoms with Crippen LogP contribution in [0.2, 0.25) is 0 Å². The number of aliphatic carboxylic acids is 1. The van der Waals surface area contributed by atoms with Gasteiger partial charge in [0.05, 0.1) is 18.5 Å². The van der Waals surface area contributed by atoms with Crippen molar-refractivity contribution in [2.45, 2.75) is 19.8 Å². The topological polar surface area (TPSA) is 74.9 Å². The first kappa shape index (κ1) is 13.5. The van der Waals surface area contributed by atoms with Gasteiger partial charge in [0.2, 0.25) is 5.91 Å². The zero-order valence-electron chi connectivity index (χ0n) is 10.6. The van der Waals surface area contributed by atoms with Crippen LogP contribution in [-0.4, -0.2) is 44.4 Å². The third kappa shape index (κ3) is 3.31. The van der Waals surface area contributed by atoms with Crippen molar-refractivity contribution in [1.29, 1.82) is 0 Å². The minimum atomic E-state index is -0.895. The molecule has 0 aliphatic heterocycles. The van der Waals surface area contributed by atoms with Crippen LogP contribution in [0, 0.1) is 0 Å². The summed E-state index contributed by atoms with van der Waals surface area (Å²) in [5.41, 5.74) is 0.714. The van der Waals surface area contributed by atoms with Crippen molar-refractivity contribution in [3.8, 4) is 0 Å². The predicted molar refractivity (Wildman–Crippen MR) is 71.3 cm³/mol. The smallest absolute Gasteiger partial charge is 0.305 e. The Balaban J connectivity index is 1.98. The number of carboxylic acids is 1. The second-order valence-corrected chi connectivity index (χ2v) is 4.99. The summed E-state index contributed by atoms with van der Waals surface area (Å²) >= 11 is 1.51. The number of carboxylic acid groups (broad SMARTS) is 1. The number of thiazole rings is 1. The largest absolute Gasteiger partial charge is 0.481 e. The highest BCUT2D eigenvalue weighted by Gasteiger charge is 2.15. The first-order valence-corrected chi connectivity index (χ1v) is 6.88. The third-order valence-electron chi connectivity index (χ3n) is 2.81. The highest BCUT2D eigenvalue weighted by Crippen LogP contribution is 2.12. The number of carbonyl (C=O) groups is 2. The van der Waals surface area contributed by atoms with Gasteiger partial charge in [0, 0.05) is 30.9 Å². The molecule has 0 bridgehead atoms. The van der Waals surface area contributed by atoms with E-state index in [2.05, 4.69) is 4.98 Å². The Labute approximate surface area is 114 Å². The standard InChI is InChI=1S/C12H15N3O3S/c1-2-14(4-3-11(17)18)10(16)7-9-8-15-5-6-19-12(15)13-9/h5-6,8H,2-4,7H2,1H3,(H,17,18). The van der Waals surface area contributed by atoms with Crippen molar-refractivity contribution in [1.82, 2.24) is 14.3 Å². The molecule has 2 aromatic rings. The molecule has 0 saturated heterocycles. The molecular formula is C12H15N3O3S. The van der Waals surface area contributed by atoms with Crippen LogP contribution < -0.4 is 0 Å². The van der Waals surface area contributed by atoms with Gasteiger partial charge in [-0.15, -0.1) is 11.3 Å². The molecular weight excluding hydrogens is 266 g/mol. The molecule has 0 radical (unpaired) electrons. The van der Waals surface area contributed by atoms with Gasteiger partial charge in [-0.2, -0.15) is 0 Å². The second-order valence-electron chi connectivity index (χ2n) is 4.12. The lowest BCUT2D eigenvalue weighted by atomic mass is 10.2. The molecule has 0 saturated carbocycles. The Kier molecular flexibility index (Phi) is 4.16. The number of imidazole rings is 1. The molecule has 0 unspecified atom stereocenters. The van der Waals surface area contributed by atoms with E-state index in [9.17, 15) is 9.59 Å². The molecule has 102 valence electrons. The van der Waals surface area contributed by atoms with Crippen molar-refractivity contribution in [2.24, 2.45) is 0 Å². The molecule has 1 amide bonds. The third-order valence-corrected chi connectivity index (χ3v) is 3.58. The molecule has 0 fully saturated rings. The monoisotopic (exact) mass is 281 g/mol. The Hall–Kier alpha value is -1.89. The van der Waals surface area contributed by atoms with E-state index >= 15 is 0 Å². The van der Waals surface area contributed by atoms with Gasteiger partial charge in [0.1, 0.15) is 0 Å². The lowest BCUT2D eigenvalue weighted by Gasteiger charge is -2.19. The number of amides is 1. The number of rotatable bonds is 6. The zero-order valence-corrected chi connectivity index (χ0v) is 11.4. The fourth-order valence-corrected chi connectivity index (χ4v) is 2.54. The van der Waals surface area contributed by atoms with Crippen molar-refractivity contribution in [3.05, 3.63) is 23.5 Å². The normalized spacial score (nSPS) is 10.8. The molecule has 0 atom stereocenters. The summed E-state index contributed by atoms with van der Waals surface area (Å²) in [6, 6.07) is 0. The molecule has 2 heterocycles. The number of hydrogen-bond donors (Lipinski definition) is 1. The molecule has 0 aliphatic carbocycles. The number of carbonyl (C=O) groups excluding carboxylic acids is 1. The van der Waals surface area contributed by atoms with Crippen LogP contribution in [0.5, 0.6) is 0 Å². The number of aromatic nitrogens is 2. The molecule has 19 heavy (non-hydrogen) atoms. The summed E-state index contributed by atoms with van der Waals surface area (Å²) in [6.45, 7) is 2.59. The van der Waals surface area contributed by atoms with E-state index in [0.717, 1.165) is 4.96 Å². The minimum Gasteiger partial charge on any atom is -0.481 e. The summed E-state index contributed by atoms with van der Waals surface area (Å²) in [5, 5.41) is 10.6. The molecule has 2 rings (SSSR count). The van der Waals surface area contributed by atoms with Crippen LogP contribution in [-0.2, 0) is 16.0 Å². The van der Waals surface area contributed by atoms with Gasteiger partial charge in [-0.3, -0.25) is 14.0 Å². The van der Waals surface area contributed by atoms with Gasteiger partial charge in [0.15, 0.2) is 4.96 Å². The van der Waals surface area contributed by atoms with Gasteiger partial charge in [-0.05, 0) is 6.92 Å². The highest BCUT2D eigenvalue weighted by molar-refractivity contribution is 7.15. The van der Waals surface area contributed by atoms with Gasteiger partial charge in [-0.25, -0.2) is 4.98 Å². The minimum absolute atomic E-state index is 0.0299. The Morgan fingerprint density at radius 2 is 2.32 bits per heavy atom. The van der Waals surface area contributed by atoms with Crippen LogP contribution in [0.4, 0.5) is 0 Å². The molecule has 6 nitrogen and oxygen atoms in total. The second kappa shape index (κ2) is 5.83. The zero-order chi connectivity index (χ0) is 13.8. The van der Waals surface area contributed by atoms with Crippen LogP contribution in [0.1, 0.15) is 19.0 Å². The average molecular weight is 281 g/mol. The molecule has 7 heteroatoms. The fraction of sp³-hybridized carbons (Fsp3) is 0.417.